The molecule has 2 fully saturated rings. The summed E-state index contributed by atoms with van der Waals surface area (Å²) in [5, 5.41) is 0. The molecule has 0 aromatic heterocycles. The molecule has 64 valence electrons. The number of rotatable bonds is 1. The lowest BCUT2D eigenvalue weighted by molar-refractivity contribution is 0.127. The van der Waals surface area contributed by atoms with Gasteiger partial charge in [-0.1, -0.05) is 12.7 Å². The van der Waals surface area contributed by atoms with E-state index >= 15 is 0 Å². The van der Waals surface area contributed by atoms with Gasteiger partial charge in [0.1, 0.15) is 5.50 Å². The van der Waals surface area contributed by atoms with E-state index in [2.05, 4.69) is 6.58 Å². The van der Waals surface area contributed by atoms with E-state index in [1.54, 1.807) is 6.08 Å². The van der Waals surface area contributed by atoms with E-state index in [-0.39, 0.29) is 12.1 Å². The molecule has 2 aliphatic rings. The van der Waals surface area contributed by atoms with Gasteiger partial charge in [0.25, 0.3) is 0 Å². The van der Waals surface area contributed by atoms with Crippen LogP contribution in [0.1, 0.15) is 12.8 Å². The third-order valence-corrected chi connectivity index (χ3v) is 2.86. The maximum absolute atomic E-state index is 11.3. The second-order valence-corrected chi connectivity index (χ2v) is 3.61. The summed E-state index contributed by atoms with van der Waals surface area (Å²) in [7, 11) is 1.92. The predicted molar refractivity (Wildman–Crippen MR) is 47.7 cm³/mol. The fourth-order valence-corrected chi connectivity index (χ4v) is 2.07. The molecule has 0 N–H and O–H groups in total. The molecule has 0 aromatic rings. The van der Waals surface area contributed by atoms with Crippen molar-refractivity contribution < 1.29 is 9.53 Å². The van der Waals surface area contributed by atoms with E-state index in [0.29, 0.717) is 0 Å². The van der Waals surface area contributed by atoms with Gasteiger partial charge in [0.05, 0.1) is 6.04 Å². The topological polar surface area (TPSA) is 29.5 Å². The molecule has 2 aliphatic heterocycles. The largest absolute Gasteiger partial charge is 0.446 e. The molecule has 3 nitrogen and oxygen atoms in total. The highest BCUT2D eigenvalue weighted by Crippen LogP contribution is 2.35. The summed E-state index contributed by atoms with van der Waals surface area (Å²) < 4.78 is 5.23. The minimum atomic E-state index is -0.451. The zero-order valence-electron chi connectivity index (χ0n) is 7.25. The fraction of sp³-hybridized carbons (Fsp3) is 0.625. The normalized spacial score (nSPS) is 39.5. The molecule has 12 heavy (non-hydrogen) atoms. The van der Waals surface area contributed by atoms with Crippen molar-refractivity contribution in [2.24, 2.45) is 0 Å². The van der Waals surface area contributed by atoms with E-state index in [4.69, 9.17) is 4.74 Å². The van der Waals surface area contributed by atoms with Crippen LogP contribution in [0.4, 0.5) is 4.79 Å². The van der Waals surface area contributed by atoms with Crippen molar-refractivity contribution in [1.82, 2.24) is 4.90 Å². The number of nitrogens with zero attached hydrogens (tertiary/aromatic N) is 1. The number of carbonyl (C=O) groups excluding carboxylic acids is 1. The Hall–Kier alpha value is -0.925. The Morgan fingerprint density at radius 1 is 1.83 bits per heavy atom. The van der Waals surface area contributed by atoms with Crippen LogP contribution in [0, 0.1) is 0 Å². The van der Waals surface area contributed by atoms with Gasteiger partial charge in [-0.3, -0.25) is 0 Å². The summed E-state index contributed by atoms with van der Waals surface area (Å²) >= 11 is 0. The summed E-state index contributed by atoms with van der Waals surface area (Å²) in [5.74, 6) is 0. The Labute approximate surface area is 72.8 Å². The maximum Gasteiger partial charge on any atom is 0.410 e. The van der Waals surface area contributed by atoms with Crippen LogP contribution in [-0.4, -0.2) is 36.9 Å². The fourth-order valence-electron chi connectivity index (χ4n) is 2.07. The lowest BCUT2D eigenvalue weighted by atomic mass is 9.75. The van der Waals surface area contributed by atoms with Gasteiger partial charge in [-0.15, -0.1) is 0 Å². The Kier molecular flexibility index (Phi) is 1.47. The van der Waals surface area contributed by atoms with Crippen molar-refractivity contribution in [2.45, 2.75) is 24.4 Å². The summed E-state index contributed by atoms with van der Waals surface area (Å²) in [6.45, 7) is 4.55. The number of ether oxygens (including phenoxy) is 1. The van der Waals surface area contributed by atoms with Gasteiger partial charge in [0.2, 0.25) is 0 Å². The smallest absolute Gasteiger partial charge is 0.410 e. The standard InChI is InChI=1S/C8H12BNO2/c1-2-8(9)6-4-3-5-10(6)7(11)12-8/h2,6H,1,3-5,9H2/t6-,8+/m0/s1. The summed E-state index contributed by atoms with van der Waals surface area (Å²) in [4.78, 5) is 13.1. The SMILES string of the molecule is B[C@]1(C=C)OC(=O)N2CCC[C@H]21. The molecule has 2 atom stereocenters. The van der Waals surface area contributed by atoms with Crippen molar-refractivity contribution in [3.8, 4) is 0 Å². The quantitative estimate of drug-likeness (QED) is 0.407. The lowest BCUT2D eigenvalue weighted by Crippen LogP contribution is -2.40. The van der Waals surface area contributed by atoms with E-state index in [1.807, 2.05) is 12.7 Å². The van der Waals surface area contributed by atoms with Gasteiger partial charge in [-0.05, 0) is 12.8 Å². The highest BCUT2D eigenvalue weighted by molar-refractivity contribution is 6.18. The van der Waals surface area contributed by atoms with Crippen molar-refractivity contribution in [1.29, 1.82) is 0 Å². The predicted octanol–water partition coefficient (Wildman–Crippen LogP) is 0.116. The number of hydrogen-bond donors (Lipinski definition) is 0. The maximum atomic E-state index is 11.3. The number of hydrogen-bond acceptors (Lipinski definition) is 2. The van der Waals surface area contributed by atoms with Crippen molar-refractivity contribution in [3.05, 3.63) is 12.7 Å². The average Bonchev–Trinajstić information content (AvgIpc) is 2.58. The van der Waals surface area contributed by atoms with Crippen molar-refractivity contribution in [3.63, 3.8) is 0 Å². The van der Waals surface area contributed by atoms with E-state index < -0.39 is 5.50 Å². The van der Waals surface area contributed by atoms with Gasteiger partial charge < -0.3 is 9.64 Å². The molecule has 2 rings (SSSR count). The Balaban J connectivity index is 2.30. The summed E-state index contributed by atoms with van der Waals surface area (Å²) in [6.07, 6.45) is 3.68. The second-order valence-electron chi connectivity index (χ2n) is 3.61. The van der Waals surface area contributed by atoms with Crippen LogP contribution in [0.25, 0.3) is 0 Å². The molecular formula is C8H12BNO2. The zero-order valence-corrected chi connectivity index (χ0v) is 7.25. The third kappa shape index (κ3) is 0.807. The van der Waals surface area contributed by atoms with Crippen LogP contribution >= 0.6 is 0 Å². The number of cyclic esters (lactones) is 1. The van der Waals surface area contributed by atoms with Crippen molar-refractivity contribution in [2.75, 3.05) is 6.54 Å². The van der Waals surface area contributed by atoms with Crippen molar-refractivity contribution >= 4 is 13.9 Å². The molecular weight excluding hydrogens is 153 g/mol. The Bertz CT molecular complexity index is 243. The molecule has 0 saturated carbocycles. The molecule has 0 radical (unpaired) electrons. The Morgan fingerprint density at radius 2 is 2.58 bits per heavy atom. The molecule has 1 amide bonds. The van der Waals surface area contributed by atoms with Crippen LogP contribution in [0.15, 0.2) is 12.7 Å². The average molecular weight is 165 g/mol. The monoisotopic (exact) mass is 165 g/mol. The molecule has 4 heteroatoms. The minimum Gasteiger partial charge on any atom is -0.446 e. The first-order valence-corrected chi connectivity index (χ1v) is 4.30. The summed E-state index contributed by atoms with van der Waals surface area (Å²) in [6, 6.07) is 0.225. The van der Waals surface area contributed by atoms with Crippen LogP contribution in [-0.2, 0) is 4.74 Å². The Morgan fingerprint density at radius 3 is 3.25 bits per heavy atom. The lowest BCUT2D eigenvalue weighted by Gasteiger charge is -2.23. The molecule has 2 saturated heterocycles. The van der Waals surface area contributed by atoms with Gasteiger partial charge in [-0.2, -0.15) is 0 Å². The molecule has 2 heterocycles. The van der Waals surface area contributed by atoms with Crippen LogP contribution < -0.4 is 0 Å². The molecule has 0 aromatic carbocycles. The van der Waals surface area contributed by atoms with Gasteiger partial charge in [-0.25, -0.2) is 4.79 Å². The first-order valence-electron chi connectivity index (χ1n) is 4.30. The van der Waals surface area contributed by atoms with Gasteiger partial charge in [0.15, 0.2) is 7.85 Å². The van der Waals surface area contributed by atoms with Gasteiger partial charge in [0, 0.05) is 6.54 Å². The first kappa shape index (κ1) is 7.71. The second kappa shape index (κ2) is 2.28. The minimum absolute atomic E-state index is 0.181. The number of carbonyl (C=O) groups is 1. The number of amides is 1. The molecule has 0 spiro atoms. The third-order valence-electron chi connectivity index (χ3n) is 2.86. The highest BCUT2D eigenvalue weighted by Gasteiger charge is 2.50. The van der Waals surface area contributed by atoms with E-state index in [1.165, 1.54) is 0 Å². The van der Waals surface area contributed by atoms with Gasteiger partial charge >= 0.3 is 6.09 Å². The summed E-state index contributed by atoms with van der Waals surface area (Å²) in [5.41, 5.74) is -0.451. The van der Waals surface area contributed by atoms with Crippen LogP contribution in [0.2, 0.25) is 0 Å². The first-order chi connectivity index (χ1) is 5.67. The highest BCUT2D eigenvalue weighted by atomic mass is 16.6. The molecule has 0 unspecified atom stereocenters. The molecule has 0 aliphatic carbocycles. The zero-order chi connectivity index (χ0) is 8.77. The van der Waals surface area contributed by atoms with Crippen LogP contribution in [0.5, 0.6) is 0 Å². The van der Waals surface area contributed by atoms with Crippen LogP contribution in [0.3, 0.4) is 0 Å². The molecule has 0 bridgehead atoms. The number of fused-ring (bicyclic) bond motifs is 1. The van der Waals surface area contributed by atoms with E-state index in [9.17, 15) is 4.79 Å². The van der Waals surface area contributed by atoms with E-state index in [0.717, 1.165) is 19.4 Å².